The molecule has 1 saturated carbocycles. The van der Waals surface area contributed by atoms with Crippen molar-refractivity contribution in [3.05, 3.63) is 0 Å². The van der Waals surface area contributed by atoms with Gasteiger partial charge < -0.3 is 9.80 Å². The van der Waals surface area contributed by atoms with Crippen molar-refractivity contribution >= 4 is 0 Å². The third-order valence-electron chi connectivity index (χ3n) is 7.32. The smallest absolute Gasteiger partial charge is 0.00541 e. The van der Waals surface area contributed by atoms with Gasteiger partial charge in [-0.15, -0.1) is 0 Å². The zero-order valence-electron chi connectivity index (χ0n) is 15.1. The first-order valence-electron chi connectivity index (χ1n) is 9.68. The van der Waals surface area contributed by atoms with E-state index in [1.165, 1.54) is 58.7 Å². The van der Waals surface area contributed by atoms with Crippen molar-refractivity contribution in [2.45, 2.75) is 52.6 Å². The molecule has 0 aromatic rings. The molecule has 1 aliphatic carbocycles. The Labute approximate surface area is 137 Å². The van der Waals surface area contributed by atoms with E-state index in [9.17, 15) is 0 Å². The molecule has 0 N–H and O–H groups in total. The van der Waals surface area contributed by atoms with E-state index >= 15 is 0 Å². The summed E-state index contributed by atoms with van der Waals surface area (Å²) in [7, 11) is 0. The van der Waals surface area contributed by atoms with Gasteiger partial charge >= 0.3 is 0 Å². The van der Waals surface area contributed by atoms with Crippen LogP contribution in [0, 0.1) is 23.2 Å². The van der Waals surface area contributed by atoms with Crippen molar-refractivity contribution in [1.82, 2.24) is 14.7 Å². The summed E-state index contributed by atoms with van der Waals surface area (Å²) in [5.41, 5.74) is 0.703. The summed E-state index contributed by atoms with van der Waals surface area (Å²) < 4.78 is 0. The molecule has 3 heterocycles. The molecule has 3 heteroatoms. The minimum atomic E-state index is 0.703. The fourth-order valence-electron chi connectivity index (χ4n) is 5.38. The Bertz CT molecular complexity index is 391. The minimum Gasteiger partial charge on any atom is -0.303 e. The zero-order chi connectivity index (χ0) is 15.5. The summed E-state index contributed by atoms with van der Waals surface area (Å²) in [4.78, 5) is 8.14. The van der Waals surface area contributed by atoms with Crippen LogP contribution in [-0.4, -0.2) is 72.6 Å². The van der Waals surface area contributed by atoms with Crippen LogP contribution in [0.4, 0.5) is 0 Å². The first-order chi connectivity index (χ1) is 10.5. The van der Waals surface area contributed by atoms with E-state index in [1.807, 2.05) is 0 Å². The van der Waals surface area contributed by atoms with E-state index in [1.54, 1.807) is 0 Å². The van der Waals surface area contributed by atoms with Gasteiger partial charge in [-0.1, -0.05) is 0 Å². The average Bonchev–Trinajstić information content (AvgIpc) is 2.89. The molecule has 22 heavy (non-hydrogen) atoms. The molecular weight excluding hydrogens is 270 g/mol. The molecule has 126 valence electrons. The Kier molecular flexibility index (Phi) is 3.82. The molecule has 0 aromatic heterocycles. The molecule has 0 bridgehead atoms. The van der Waals surface area contributed by atoms with Gasteiger partial charge in [0.2, 0.25) is 0 Å². The Morgan fingerprint density at radius 3 is 1.91 bits per heavy atom. The molecule has 0 radical (unpaired) electrons. The van der Waals surface area contributed by atoms with Crippen molar-refractivity contribution in [3.63, 3.8) is 0 Å². The highest BCUT2D eigenvalue weighted by molar-refractivity contribution is 5.07. The number of hydrogen-bond donors (Lipinski definition) is 0. The summed E-state index contributed by atoms with van der Waals surface area (Å²) in [6, 6.07) is 1.50. The lowest BCUT2D eigenvalue weighted by Gasteiger charge is -2.55. The molecule has 2 unspecified atom stereocenters. The number of hydrogen-bond acceptors (Lipinski definition) is 3. The Balaban J connectivity index is 1.19. The SMILES string of the molecule is CC(C)N1CC2C(CN3CCC4(CC3)CN(C(C)C)C4)C2C1. The number of rotatable bonds is 4. The predicted octanol–water partition coefficient (Wildman–Crippen LogP) is 2.38. The predicted molar refractivity (Wildman–Crippen MR) is 92.0 cm³/mol. The molecule has 0 amide bonds. The van der Waals surface area contributed by atoms with E-state index < -0.39 is 0 Å². The van der Waals surface area contributed by atoms with Crippen molar-refractivity contribution < 1.29 is 0 Å². The van der Waals surface area contributed by atoms with Crippen LogP contribution in [0.5, 0.6) is 0 Å². The summed E-state index contributed by atoms with van der Waals surface area (Å²) in [6.45, 7) is 19.0. The van der Waals surface area contributed by atoms with Crippen molar-refractivity contribution in [2.75, 3.05) is 45.8 Å². The highest BCUT2D eigenvalue weighted by Gasteiger charge is 2.56. The Morgan fingerprint density at radius 2 is 1.41 bits per heavy atom. The second-order valence-electron chi connectivity index (χ2n) is 9.34. The van der Waals surface area contributed by atoms with Crippen LogP contribution in [0.1, 0.15) is 40.5 Å². The van der Waals surface area contributed by atoms with Crippen LogP contribution in [0.3, 0.4) is 0 Å². The van der Waals surface area contributed by atoms with E-state index in [2.05, 4.69) is 42.4 Å². The normalized spacial score (nSPS) is 38.7. The summed E-state index contributed by atoms with van der Waals surface area (Å²) >= 11 is 0. The average molecular weight is 306 g/mol. The fraction of sp³-hybridized carbons (Fsp3) is 1.00. The maximum Gasteiger partial charge on any atom is 0.00541 e. The molecule has 0 aromatic carbocycles. The van der Waals surface area contributed by atoms with Gasteiger partial charge in [-0.3, -0.25) is 4.90 Å². The van der Waals surface area contributed by atoms with E-state index in [4.69, 9.17) is 0 Å². The van der Waals surface area contributed by atoms with Gasteiger partial charge in [0.1, 0.15) is 0 Å². The van der Waals surface area contributed by atoms with Gasteiger partial charge in [0.15, 0.2) is 0 Å². The lowest BCUT2D eigenvalue weighted by molar-refractivity contribution is -0.0631. The van der Waals surface area contributed by atoms with Crippen LogP contribution in [-0.2, 0) is 0 Å². The first kappa shape index (κ1) is 15.4. The van der Waals surface area contributed by atoms with Gasteiger partial charge in [0, 0.05) is 44.8 Å². The molecule has 2 atom stereocenters. The quantitative estimate of drug-likeness (QED) is 0.789. The third kappa shape index (κ3) is 2.63. The second kappa shape index (κ2) is 5.46. The van der Waals surface area contributed by atoms with Gasteiger partial charge in [0.05, 0.1) is 0 Å². The van der Waals surface area contributed by atoms with E-state index in [-0.39, 0.29) is 0 Å². The standard InChI is InChI=1S/C19H35N3/c1-14(2)21-10-17-16(18(17)11-21)9-20-7-5-19(6-8-20)12-22(13-19)15(3)4/h14-18H,5-13H2,1-4H3. The molecule has 4 aliphatic rings. The highest BCUT2D eigenvalue weighted by Crippen LogP contribution is 2.53. The van der Waals surface area contributed by atoms with Gasteiger partial charge in [-0.05, 0) is 76.8 Å². The molecule has 3 aliphatic heterocycles. The topological polar surface area (TPSA) is 9.72 Å². The number of likely N-dealkylation sites (tertiary alicyclic amines) is 3. The van der Waals surface area contributed by atoms with Gasteiger partial charge in [-0.25, -0.2) is 0 Å². The number of nitrogens with zero attached hydrogens (tertiary/aromatic N) is 3. The molecular formula is C19H35N3. The Hall–Kier alpha value is -0.120. The summed E-state index contributed by atoms with van der Waals surface area (Å²) in [5, 5.41) is 0. The third-order valence-corrected chi connectivity index (χ3v) is 7.32. The van der Waals surface area contributed by atoms with Gasteiger partial charge in [-0.2, -0.15) is 0 Å². The van der Waals surface area contributed by atoms with E-state index in [0.29, 0.717) is 5.41 Å². The number of fused-ring (bicyclic) bond motifs is 1. The lowest BCUT2D eigenvalue weighted by atomic mass is 9.71. The Morgan fingerprint density at radius 1 is 0.864 bits per heavy atom. The maximum absolute atomic E-state index is 2.80. The zero-order valence-corrected chi connectivity index (χ0v) is 15.1. The molecule has 4 rings (SSSR count). The molecule has 3 nitrogen and oxygen atoms in total. The molecule has 3 saturated heterocycles. The van der Waals surface area contributed by atoms with Crippen molar-refractivity contribution in [3.8, 4) is 0 Å². The van der Waals surface area contributed by atoms with Crippen molar-refractivity contribution in [2.24, 2.45) is 23.2 Å². The first-order valence-corrected chi connectivity index (χ1v) is 9.68. The van der Waals surface area contributed by atoms with E-state index in [0.717, 1.165) is 29.8 Å². The van der Waals surface area contributed by atoms with Crippen LogP contribution in [0.25, 0.3) is 0 Å². The fourth-order valence-corrected chi connectivity index (χ4v) is 5.38. The van der Waals surface area contributed by atoms with Gasteiger partial charge in [0.25, 0.3) is 0 Å². The van der Waals surface area contributed by atoms with Crippen LogP contribution in [0.2, 0.25) is 0 Å². The second-order valence-corrected chi connectivity index (χ2v) is 9.34. The largest absolute Gasteiger partial charge is 0.303 e. The number of piperidine rings is 2. The molecule has 1 spiro atoms. The minimum absolute atomic E-state index is 0.703. The monoisotopic (exact) mass is 305 g/mol. The van der Waals surface area contributed by atoms with Crippen LogP contribution in [0.15, 0.2) is 0 Å². The highest BCUT2D eigenvalue weighted by atomic mass is 15.3. The molecule has 4 fully saturated rings. The van der Waals surface area contributed by atoms with Crippen molar-refractivity contribution in [1.29, 1.82) is 0 Å². The van der Waals surface area contributed by atoms with Crippen LogP contribution < -0.4 is 0 Å². The maximum atomic E-state index is 2.80. The summed E-state index contributed by atoms with van der Waals surface area (Å²) in [5.74, 6) is 3.12. The van der Waals surface area contributed by atoms with Crippen LogP contribution >= 0.6 is 0 Å². The summed E-state index contributed by atoms with van der Waals surface area (Å²) in [6.07, 6.45) is 2.91. The lowest BCUT2D eigenvalue weighted by Crippen LogP contribution is -2.62.